The zero-order chi connectivity index (χ0) is 12.0. The molecule has 0 aromatic heterocycles. The third kappa shape index (κ3) is 3.76. The first-order chi connectivity index (χ1) is 7.69. The van der Waals surface area contributed by atoms with Crippen LogP contribution in [0.15, 0.2) is 0 Å². The molecule has 0 aromatic carbocycles. The van der Waals surface area contributed by atoms with Crippen molar-refractivity contribution < 1.29 is 9.53 Å². The van der Waals surface area contributed by atoms with Gasteiger partial charge >= 0.3 is 0 Å². The van der Waals surface area contributed by atoms with E-state index in [0.717, 1.165) is 39.0 Å². The van der Waals surface area contributed by atoms with Crippen molar-refractivity contribution >= 4 is 5.91 Å². The minimum atomic E-state index is 0.0653. The Balaban J connectivity index is 2.40. The van der Waals surface area contributed by atoms with E-state index in [1.54, 1.807) is 7.11 Å². The van der Waals surface area contributed by atoms with Crippen LogP contribution in [-0.4, -0.2) is 50.2 Å². The first kappa shape index (κ1) is 13.5. The zero-order valence-electron chi connectivity index (χ0n) is 10.7. The molecule has 1 aliphatic heterocycles. The summed E-state index contributed by atoms with van der Waals surface area (Å²) >= 11 is 0. The highest BCUT2D eigenvalue weighted by atomic mass is 16.5. The van der Waals surface area contributed by atoms with Crippen LogP contribution in [0.3, 0.4) is 0 Å². The van der Waals surface area contributed by atoms with Crippen LogP contribution in [-0.2, 0) is 9.53 Å². The Bertz CT molecular complexity index is 221. The van der Waals surface area contributed by atoms with Crippen molar-refractivity contribution in [1.82, 2.24) is 10.2 Å². The summed E-state index contributed by atoms with van der Waals surface area (Å²) in [4.78, 5) is 14.0. The van der Waals surface area contributed by atoms with Gasteiger partial charge in [0.2, 0.25) is 5.91 Å². The number of ether oxygens (including phenoxy) is 1. The van der Waals surface area contributed by atoms with Gasteiger partial charge in [0.05, 0.1) is 6.10 Å². The molecule has 0 bridgehead atoms. The topological polar surface area (TPSA) is 41.6 Å². The molecule has 0 aromatic rings. The Morgan fingerprint density at radius 2 is 2.38 bits per heavy atom. The molecule has 2 atom stereocenters. The average molecular weight is 228 g/mol. The SMILES string of the molecule is CCNCC(C)C(=O)N1CCCC(OC)C1. The molecule has 2 unspecified atom stereocenters. The fourth-order valence-electron chi connectivity index (χ4n) is 2.09. The van der Waals surface area contributed by atoms with Crippen molar-refractivity contribution in [3.8, 4) is 0 Å². The summed E-state index contributed by atoms with van der Waals surface area (Å²) in [6.45, 7) is 7.36. The second-order valence-electron chi connectivity index (χ2n) is 4.49. The van der Waals surface area contributed by atoms with E-state index in [1.807, 2.05) is 11.8 Å². The predicted molar refractivity (Wildman–Crippen MR) is 64.3 cm³/mol. The first-order valence-corrected chi connectivity index (χ1v) is 6.21. The molecule has 0 aliphatic carbocycles. The van der Waals surface area contributed by atoms with E-state index in [1.165, 1.54) is 0 Å². The van der Waals surface area contributed by atoms with Crippen LogP contribution in [0.25, 0.3) is 0 Å². The van der Waals surface area contributed by atoms with Gasteiger partial charge in [-0.3, -0.25) is 4.79 Å². The molecule has 1 aliphatic rings. The second kappa shape index (κ2) is 6.86. The zero-order valence-corrected chi connectivity index (χ0v) is 10.7. The molecule has 1 heterocycles. The minimum absolute atomic E-state index is 0.0653. The van der Waals surface area contributed by atoms with Crippen molar-refractivity contribution in [3.63, 3.8) is 0 Å². The summed E-state index contributed by atoms with van der Waals surface area (Å²) in [5, 5.41) is 3.21. The highest BCUT2D eigenvalue weighted by Gasteiger charge is 2.26. The lowest BCUT2D eigenvalue weighted by Crippen LogP contribution is -2.46. The van der Waals surface area contributed by atoms with Gasteiger partial charge in [-0.25, -0.2) is 0 Å². The maximum Gasteiger partial charge on any atom is 0.226 e. The van der Waals surface area contributed by atoms with Gasteiger partial charge in [0.25, 0.3) is 0 Å². The second-order valence-corrected chi connectivity index (χ2v) is 4.49. The molecule has 1 fully saturated rings. The molecule has 1 rings (SSSR count). The van der Waals surface area contributed by atoms with E-state index in [0.29, 0.717) is 0 Å². The summed E-state index contributed by atoms with van der Waals surface area (Å²) in [7, 11) is 1.72. The third-order valence-corrected chi connectivity index (χ3v) is 3.15. The van der Waals surface area contributed by atoms with E-state index < -0.39 is 0 Å². The Hall–Kier alpha value is -0.610. The third-order valence-electron chi connectivity index (χ3n) is 3.15. The van der Waals surface area contributed by atoms with E-state index in [4.69, 9.17) is 4.74 Å². The summed E-state index contributed by atoms with van der Waals surface area (Å²) in [6.07, 6.45) is 2.35. The normalized spacial score (nSPS) is 23.2. The highest BCUT2D eigenvalue weighted by Crippen LogP contribution is 2.14. The Morgan fingerprint density at radius 1 is 1.62 bits per heavy atom. The van der Waals surface area contributed by atoms with Gasteiger partial charge in [-0.2, -0.15) is 0 Å². The van der Waals surface area contributed by atoms with Crippen LogP contribution >= 0.6 is 0 Å². The van der Waals surface area contributed by atoms with Crippen molar-refractivity contribution in [2.24, 2.45) is 5.92 Å². The van der Waals surface area contributed by atoms with Gasteiger partial charge in [-0.05, 0) is 19.4 Å². The number of carbonyl (C=O) groups is 1. The van der Waals surface area contributed by atoms with Gasteiger partial charge < -0.3 is 15.0 Å². The van der Waals surface area contributed by atoms with Gasteiger partial charge in [-0.15, -0.1) is 0 Å². The number of nitrogens with one attached hydrogen (secondary N) is 1. The minimum Gasteiger partial charge on any atom is -0.380 e. The molecule has 4 nitrogen and oxygen atoms in total. The predicted octanol–water partition coefficient (Wildman–Crippen LogP) is 0.869. The number of rotatable bonds is 5. The van der Waals surface area contributed by atoms with Crippen LogP contribution in [0.5, 0.6) is 0 Å². The summed E-state index contributed by atoms with van der Waals surface area (Å²) in [5.41, 5.74) is 0. The maximum absolute atomic E-state index is 12.1. The largest absolute Gasteiger partial charge is 0.380 e. The molecular formula is C12H24N2O2. The van der Waals surface area contributed by atoms with E-state index in [2.05, 4.69) is 12.2 Å². The fourth-order valence-corrected chi connectivity index (χ4v) is 2.09. The van der Waals surface area contributed by atoms with Gasteiger partial charge in [0.1, 0.15) is 0 Å². The van der Waals surface area contributed by atoms with Crippen LogP contribution < -0.4 is 5.32 Å². The quantitative estimate of drug-likeness (QED) is 0.759. The Labute approximate surface area is 98.3 Å². The number of hydrogen-bond donors (Lipinski definition) is 1. The lowest BCUT2D eigenvalue weighted by atomic mass is 10.0. The maximum atomic E-state index is 12.1. The van der Waals surface area contributed by atoms with Crippen molar-refractivity contribution in [1.29, 1.82) is 0 Å². The molecule has 1 saturated heterocycles. The number of piperidine rings is 1. The molecule has 0 radical (unpaired) electrons. The van der Waals surface area contributed by atoms with Crippen molar-refractivity contribution in [2.75, 3.05) is 33.3 Å². The van der Waals surface area contributed by atoms with Crippen molar-refractivity contribution in [3.05, 3.63) is 0 Å². The number of likely N-dealkylation sites (tertiary alicyclic amines) is 1. The summed E-state index contributed by atoms with van der Waals surface area (Å²) < 4.78 is 5.32. The number of amides is 1. The van der Waals surface area contributed by atoms with Gasteiger partial charge in [-0.1, -0.05) is 13.8 Å². The molecule has 16 heavy (non-hydrogen) atoms. The molecular weight excluding hydrogens is 204 g/mol. The van der Waals surface area contributed by atoms with Crippen molar-refractivity contribution in [2.45, 2.75) is 32.8 Å². The molecule has 1 N–H and O–H groups in total. The first-order valence-electron chi connectivity index (χ1n) is 6.21. The Morgan fingerprint density at radius 3 is 3.00 bits per heavy atom. The Kier molecular flexibility index (Phi) is 5.77. The standard InChI is InChI=1S/C12H24N2O2/c1-4-13-8-10(2)12(15)14-7-5-6-11(9-14)16-3/h10-11,13H,4-9H2,1-3H3. The van der Waals surface area contributed by atoms with Gasteiger partial charge in [0.15, 0.2) is 0 Å². The monoisotopic (exact) mass is 228 g/mol. The lowest BCUT2D eigenvalue weighted by molar-refractivity contribution is -0.138. The van der Waals surface area contributed by atoms with Crippen LogP contribution in [0.2, 0.25) is 0 Å². The van der Waals surface area contributed by atoms with Crippen LogP contribution in [0.4, 0.5) is 0 Å². The molecule has 4 heteroatoms. The molecule has 0 saturated carbocycles. The van der Waals surface area contributed by atoms with Crippen LogP contribution in [0, 0.1) is 5.92 Å². The number of methoxy groups -OCH3 is 1. The number of nitrogens with zero attached hydrogens (tertiary/aromatic N) is 1. The highest BCUT2D eigenvalue weighted by molar-refractivity contribution is 5.78. The molecule has 94 valence electrons. The lowest BCUT2D eigenvalue weighted by Gasteiger charge is -2.33. The fraction of sp³-hybridized carbons (Fsp3) is 0.917. The number of carbonyl (C=O) groups excluding carboxylic acids is 1. The summed E-state index contributed by atoms with van der Waals surface area (Å²) in [6, 6.07) is 0. The van der Waals surface area contributed by atoms with E-state index in [9.17, 15) is 4.79 Å². The average Bonchev–Trinajstić information content (AvgIpc) is 2.35. The smallest absolute Gasteiger partial charge is 0.226 e. The van der Waals surface area contributed by atoms with Gasteiger partial charge in [0, 0.05) is 32.7 Å². The van der Waals surface area contributed by atoms with Crippen LogP contribution in [0.1, 0.15) is 26.7 Å². The molecule has 0 spiro atoms. The van der Waals surface area contributed by atoms with E-state index >= 15 is 0 Å². The molecule has 1 amide bonds. The van der Waals surface area contributed by atoms with E-state index in [-0.39, 0.29) is 17.9 Å². The summed E-state index contributed by atoms with van der Waals surface area (Å²) in [5.74, 6) is 0.318. The number of hydrogen-bond acceptors (Lipinski definition) is 3.